The van der Waals surface area contributed by atoms with Crippen LogP contribution in [0.15, 0.2) is 48.5 Å². The molecule has 2 heterocycles. The number of rotatable bonds is 5. The molecule has 0 bridgehead atoms. The fraction of sp³-hybridized carbons (Fsp3) is 0.158. The zero-order valence-corrected chi connectivity index (χ0v) is 16.7. The summed E-state index contributed by atoms with van der Waals surface area (Å²) in [5, 5.41) is 20.4. The quantitative estimate of drug-likeness (QED) is 0.464. The van der Waals surface area contributed by atoms with Crippen LogP contribution < -0.4 is 11.1 Å². The molecular formula is C19H19ClN6OS. The highest BCUT2D eigenvalue weighted by Crippen LogP contribution is 2.29. The molecule has 0 spiro atoms. The van der Waals surface area contributed by atoms with Crippen molar-refractivity contribution in [1.82, 2.24) is 20.4 Å². The van der Waals surface area contributed by atoms with Gasteiger partial charge in [-0.15, -0.1) is 22.6 Å². The van der Waals surface area contributed by atoms with Crippen LogP contribution in [0.25, 0.3) is 21.5 Å². The van der Waals surface area contributed by atoms with Crippen molar-refractivity contribution in [2.75, 3.05) is 5.32 Å². The molecule has 1 amide bonds. The summed E-state index contributed by atoms with van der Waals surface area (Å²) in [6, 6.07) is 14.9. The number of anilines is 1. The maximum absolute atomic E-state index is 12.3. The number of carbonyl (C=O) groups excluding carboxylic acids is 1. The summed E-state index contributed by atoms with van der Waals surface area (Å²) < 4.78 is 0. The number of aromatic amines is 1. The number of halogens is 1. The summed E-state index contributed by atoms with van der Waals surface area (Å²) in [7, 11) is 0. The van der Waals surface area contributed by atoms with Crippen LogP contribution in [0.5, 0.6) is 0 Å². The summed E-state index contributed by atoms with van der Waals surface area (Å²) in [6.45, 7) is 1.97. The molecule has 0 fully saturated rings. The van der Waals surface area contributed by atoms with Gasteiger partial charge in [0.15, 0.2) is 0 Å². The molecule has 0 radical (unpaired) electrons. The maximum Gasteiger partial charge on any atom is 0.243 e. The second kappa shape index (κ2) is 8.47. The minimum Gasteiger partial charge on any atom is -0.320 e. The molecule has 0 unspecified atom stereocenters. The van der Waals surface area contributed by atoms with Gasteiger partial charge in [-0.1, -0.05) is 41.7 Å². The highest BCUT2D eigenvalue weighted by Gasteiger charge is 2.17. The number of carbonyl (C=O) groups is 1. The Bertz CT molecular complexity index is 1090. The third kappa shape index (κ3) is 4.19. The number of benzene rings is 2. The number of nitrogens with one attached hydrogen (secondary N) is 2. The van der Waals surface area contributed by atoms with Gasteiger partial charge in [0.2, 0.25) is 11.0 Å². The van der Waals surface area contributed by atoms with Crippen LogP contribution in [0.4, 0.5) is 5.13 Å². The van der Waals surface area contributed by atoms with E-state index in [0.717, 1.165) is 32.7 Å². The van der Waals surface area contributed by atoms with E-state index >= 15 is 0 Å². The summed E-state index contributed by atoms with van der Waals surface area (Å²) in [5.74, 6) is -0.275. The van der Waals surface area contributed by atoms with E-state index in [4.69, 9.17) is 5.73 Å². The Hall–Kier alpha value is -2.81. The van der Waals surface area contributed by atoms with Gasteiger partial charge in [-0.05, 0) is 37.1 Å². The first kappa shape index (κ1) is 19.9. The Labute approximate surface area is 171 Å². The lowest BCUT2D eigenvalue weighted by atomic mass is 10.1. The van der Waals surface area contributed by atoms with Gasteiger partial charge in [-0.25, -0.2) is 0 Å². The van der Waals surface area contributed by atoms with E-state index in [1.54, 1.807) is 0 Å². The lowest BCUT2D eigenvalue weighted by Gasteiger charge is -2.10. The molecule has 0 aliphatic carbocycles. The molecule has 0 aliphatic heterocycles. The number of hydrogen-bond acceptors (Lipinski definition) is 6. The van der Waals surface area contributed by atoms with Gasteiger partial charge in [0, 0.05) is 16.6 Å². The molecule has 0 saturated carbocycles. The number of H-pyrrole nitrogens is 1. The van der Waals surface area contributed by atoms with Gasteiger partial charge < -0.3 is 5.73 Å². The zero-order chi connectivity index (χ0) is 18.8. The van der Waals surface area contributed by atoms with Gasteiger partial charge in [-0.3, -0.25) is 15.2 Å². The average molecular weight is 415 g/mol. The maximum atomic E-state index is 12.3. The molecule has 4 aromatic rings. The second-order valence-electron chi connectivity index (χ2n) is 6.28. The van der Waals surface area contributed by atoms with Crippen LogP contribution in [0.1, 0.15) is 11.3 Å². The molecule has 9 heteroatoms. The molecule has 0 saturated heterocycles. The van der Waals surface area contributed by atoms with Crippen molar-refractivity contribution in [1.29, 1.82) is 0 Å². The van der Waals surface area contributed by atoms with Crippen LogP contribution in [-0.4, -0.2) is 32.3 Å². The SMILES string of the molecule is Cc1[nH]nc2ccc(-c3nnc(NC(=O)[C@H](N)Cc4ccccc4)s3)cc12.Cl. The molecule has 2 aromatic heterocycles. The van der Waals surface area contributed by atoms with Gasteiger partial charge in [0.25, 0.3) is 0 Å². The number of hydrogen-bond donors (Lipinski definition) is 3. The third-order valence-corrected chi connectivity index (χ3v) is 5.17. The Morgan fingerprint density at radius 3 is 2.79 bits per heavy atom. The van der Waals surface area contributed by atoms with Gasteiger partial charge in [0.1, 0.15) is 5.01 Å². The first-order valence-electron chi connectivity index (χ1n) is 8.49. The van der Waals surface area contributed by atoms with Crippen LogP contribution >= 0.6 is 23.7 Å². The predicted octanol–water partition coefficient (Wildman–Crippen LogP) is 3.32. The molecule has 2 aromatic carbocycles. The van der Waals surface area contributed by atoms with Crippen molar-refractivity contribution in [3.8, 4) is 10.6 Å². The Kier molecular flexibility index (Phi) is 6.03. The third-order valence-electron chi connectivity index (χ3n) is 4.28. The van der Waals surface area contributed by atoms with Crippen molar-refractivity contribution in [3.05, 3.63) is 59.8 Å². The first-order valence-corrected chi connectivity index (χ1v) is 9.31. The average Bonchev–Trinajstić information content (AvgIpc) is 3.29. The Morgan fingerprint density at radius 2 is 2.00 bits per heavy atom. The fourth-order valence-corrected chi connectivity index (χ4v) is 3.56. The molecule has 0 aliphatic rings. The van der Waals surface area contributed by atoms with E-state index in [0.29, 0.717) is 11.6 Å². The van der Waals surface area contributed by atoms with Gasteiger partial charge in [0.05, 0.1) is 11.6 Å². The number of aromatic nitrogens is 4. The minimum atomic E-state index is -0.648. The number of aryl methyl sites for hydroxylation is 1. The number of nitrogens with zero attached hydrogens (tertiary/aromatic N) is 3. The smallest absolute Gasteiger partial charge is 0.243 e. The van der Waals surface area contributed by atoms with Crippen LogP contribution in [0, 0.1) is 6.92 Å². The molecular weight excluding hydrogens is 396 g/mol. The largest absolute Gasteiger partial charge is 0.320 e. The van der Waals surface area contributed by atoms with Crippen LogP contribution in [-0.2, 0) is 11.2 Å². The van der Waals surface area contributed by atoms with E-state index in [2.05, 4.69) is 25.7 Å². The van der Waals surface area contributed by atoms with Crippen LogP contribution in [0.2, 0.25) is 0 Å². The van der Waals surface area contributed by atoms with E-state index in [-0.39, 0.29) is 18.3 Å². The van der Waals surface area contributed by atoms with Crippen molar-refractivity contribution < 1.29 is 4.79 Å². The van der Waals surface area contributed by atoms with E-state index in [9.17, 15) is 4.79 Å². The van der Waals surface area contributed by atoms with Crippen molar-refractivity contribution in [3.63, 3.8) is 0 Å². The molecule has 4 N–H and O–H groups in total. The minimum absolute atomic E-state index is 0. The molecule has 144 valence electrons. The van der Waals surface area contributed by atoms with Gasteiger partial charge in [-0.2, -0.15) is 5.10 Å². The second-order valence-corrected chi connectivity index (χ2v) is 7.26. The monoisotopic (exact) mass is 414 g/mol. The summed E-state index contributed by atoms with van der Waals surface area (Å²) >= 11 is 1.31. The number of amides is 1. The zero-order valence-electron chi connectivity index (χ0n) is 15.0. The molecule has 1 atom stereocenters. The Balaban J connectivity index is 0.00000225. The summed E-state index contributed by atoms with van der Waals surface area (Å²) in [4.78, 5) is 12.3. The summed E-state index contributed by atoms with van der Waals surface area (Å²) in [5.41, 5.74) is 9.86. The van der Waals surface area contributed by atoms with E-state index in [1.807, 2.05) is 55.5 Å². The lowest BCUT2D eigenvalue weighted by molar-refractivity contribution is -0.117. The van der Waals surface area contributed by atoms with Crippen LogP contribution in [0.3, 0.4) is 0 Å². The van der Waals surface area contributed by atoms with E-state index < -0.39 is 6.04 Å². The molecule has 4 rings (SSSR count). The number of fused-ring (bicyclic) bond motifs is 1. The molecule has 7 nitrogen and oxygen atoms in total. The van der Waals surface area contributed by atoms with Crippen molar-refractivity contribution in [2.24, 2.45) is 5.73 Å². The molecule has 28 heavy (non-hydrogen) atoms. The first-order chi connectivity index (χ1) is 13.1. The lowest BCUT2D eigenvalue weighted by Crippen LogP contribution is -2.37. The standard InChI is InChI=1S/C19H18N6OS.ClH/c1-11-14-10-13(7-8-16(14)23-22-11)18-24-25-19(27-18)21-17(26)15(20)9-12-5-3-2-4-6-12;/h2-8,10,15H,9,20H2,1H3,(H,22,23)(H,21,25,26);1H/t15-;/m1./s1. The predicted molar refractivity (Wildman–Crippen MR) is 114 cm³/mol. The van der Waals surface area contributed by atoms with Crippen molar-refractivity contribution in [2.45, 2.75) is 19.4 Å². The normalized spacial score (nSPS) is 11.8. The van der Waals surface area contributed by atoms with Gasteiger partial charge >= 0.3 is 0 Å². The number of nitrogens with two attached hydrogens (primary N) is 1. The Morgan fingerprint density at radius 1 is 1.21 bits per heavy atom. The fourth-order valence-electron chi connectivity index (χ4n) is 2.82. The van der Waals surface area contributed by atoms with Crippen molar-refractivity contribution >= 4 is 45.7 Å². The highest BCUT2D eigenvalue weighted by molar-refractivity contribution is 7.18. The highest BCUT2D eigenvalue weighted by atomic mass is 35.5. The summed E-state index contributed by atoms with van der Waals surface area (Å²) in [6.07, 6.45) is 0.467. The topological polar surface area (TPSA) is 110 Å². The van der Waals surface area contributed by atoms with E-state index in [1.165, 1.54) is 11.3 Å².